The van der Waals surface area contributed by atoms with Crippen LogP contribution in [-0.2, 0) is 10.0 Å². The second-order valence-electron chi connectivity index (χ2n) is 4.72. The fourth-order valence-corrected chi connectivity index (χ4v) is 2.48. The van der Waals surface area contributed by atoms with Gasteiger partial charge in [0.25, 0.3) is 0 Å². The van der Waals surface area contributed by atoms with E-state index in [9.17, 15) is 13.2 Å². The van der Waals surface area contributed by atoms with Gasteiger partial charge in [-0.15, -0.1) is 0 Å². The van der Waals surface area contributed by atoms with E-state index in [1.54, 1.807) is 6.07 Å². The van der Waals surface area contributed by atoms with E-state index in [0.29, 0.717) is 11.3 Å². The van der Waals surface area contributed by atoms with Crippen molar-refractivity contribution in [3.63, 3.8) is 0 Å². The number of ether oxygens (including phenoxy) is 1. The number of carbonyl (C=O) groups is 1. The Balaban J connectivity index is 2.03. The number of nitrogens with one attached hydrogen (secondary N) is 1. The molecule has 2 aromatic rings. The minimum absolute atomic E-state index is 0.00159. The van der Waals surface area contributed by atoms with Crippen LogP contribution in [0.5, 0.6) is 5.75 Å². The molecule has 0 saturated heterocycles. The molecule has 0 unspecified atom stereocenters. The van der Waals surface area contributed by atoms with Crippen molar-refractivity contribution in [2.75, 3.05) is 6.61 Å². The molecule has 6 nitrogen and oxygen atoms in total. The Labute approximate surface area is 123 Å². The number of benzene rings is 1. The van der Waals surface area contributed by atoms with E-state index >= 15 is 0 Å². The lowest BCUT2D eigenvalue weighted by atomic mass is 10.1. The Morgan fingerprint density at radius 2 is 1.86 bits per heavy atom. The predicted molar refractivity (Wildman–Crippen MR) is 77.9 cm³/mol. The van der Waals surface area contributed by atoms with Gasteiger partial charge in [-0.2, -0.15) is 0 Å². The molecule has 0 amide bonds. The Bertz CT molecular complexity index is 761. The van der Waals surface area contributed by atoms with Gasteiger partial charge in [0.2, 0.25) is 15.8 Å². The molecule has 0 fully saturated rings. The molecule has 0 atom stereocenters. The molecule has 0 spiro atoms. The lowest BCUT2D eigenvalue weighted by Crippen LogP contribution is -2.13. The maximum absolute atomic E-state index is 12.0. The number of hydrogen-bond donors (Lipinski definition) is 2. The van der Waals surface area contributed by atoms with Crippen molar-refractivity contribution in [2.45, 2.75) is 18.7 Å². The Morgan fingerprint density at radius 1 is 1.24 bits per heavy atom. The average molecular weight is 308 g/mol. The van der Waals surface area contributed by atoms with Gasteiger partial charge >= 0.3 is 0 Å². The number of aromatic nitrogens is 1. The van der Waals surface area contributed by atoms with E-state index < -0.39 is 10.0 Å². The SMILES string of the molecule is Cc1cc(C(=O)COc2ccc(S(N)(=O)=O)cc2)c(C)[nH]1. The second-order valence-corrected chi connectivity index (χ2v) is 6.28. The molecular weight excluding hydrogens is 292 g/mol. The summed E-state index contributed by atoms with van der Waals surface area (Å²) in [5.41, 5.74) is 2.30. The van der Waals surface area contributed by atoms with Gasteiger partial charge < -0.3 is 9.72 Å². The molecule has 0 bridgehead atoms. The molecule has 21 heavy (non-hydrogen) atoms. The van der Waals surface area contributed by atoms with Crippen LogP contribution in [0.2, 0.25) is 0 Å². The summed E-state index contributed by atoms with van der Waals surface area (Å²) in [6, 6.07) is 7.36. The molecule has 0 aliphatic heterocycles. The number of Topliss-reactive ketones (excluding diaryl/α,β-unsaturated/α-hetero) is 1. The third-order valence-corrected chi connectivity index (χ3v) is 3.90. The van der Waals surface area contributed by atoms with E-state index in [1.165, 1.54) is 24.3 Å². The molecule has 0 aliphatic rings. The van der Waals surface area contributed by atoms with Gasteiger partial charge in [-0.1, -0.05) is 0 Å². The maximum Gasteiger partial charge on any atom is 0.238 e. The highest BCUT2D eigenvalue weighted by Gasteiger charge is 2.13. The minimum atomic E-state index is -3.72. The smallest absolute Gasteiger partial charge is 0.238 e. The zero-order valence-corrected chi connectivity index (χ0v) is 12.5. The second kappa shape index (κ2) is 5.71. The van der Waals surface area contributed by atoms with Crippen molar-refractivity contribution < 1.29 is 17.9 Å². The first kappa shape index (κ1) is 15.3. The molecular formula is C14H16N2O4S. The fourth-order valence-electron chi connectivity index (χ4n) is 1.97. The van der Waals surface area contributed by atoms with Crippen LogP contribution < -0.4 is 9.88 Å². The molecule has 3 N–H and O–H groups in total. The predicted octanol–water partition coefficient (Wildman–Crippen LogP) is 1.54. The number of sulfonamides is 1. The summed E-state index contributed by atoms with van der Waals surface area (Å²) >= 11 is 0. The van der Waals surface area contributed by atoms with Crippen LogP contribution in [0.1, 0.15) is 21.7 Å². The summed E-state index contributed by atoms with van der Waals surface area (Å²) < 4.78 is 27.6. The highest BCUT2D eigenvalue weighted by molar-refractivity contribution is 7.89. The molecule has 7 heteroatoms. The first-order chi connectivity index (χ1) is 9.77. The topological polar surface area (TPSA) is 102 Å². The quantitative estimate of drug-likeness (QED) is 0.818. The zero-order valence-electron chi connectivity index (χ0n) is 11.7. The first-order valence-electron chi connectivity index (χ1n) is 6.22. The molecule has 0 radical (unpaired) electrons. The van der Waals surface area contributed by atoms with Gasteiger partial charge in [0, 0.05) is 17.0 Å². The number of rotatable bonds is 5. The fraction of sp³-hybridized carbons (Fsp3) is 0.214. The number of H-pyrrole nitrogens is 1. The van der Waals surface area contributed by atoms with Crippen molar-refractivity contribution in [1.82, 2.24) is 4.98 Å². The van der Waals surface area contributed by atoms with E-state index in [2.05, 4.69) is 4.98 Å². The van der Waals surface area contributed by atoms with E-state index in [0.717, 1.165) is 11.4 Å². The lowest BCUT2D eigenvalue weighted by molar-refractivity contribution is 0.0921. The van der Waals surface area contributed by atoms with Crippen LogP contribution >= 0.6 is 0 Å². The number of ketones is 1. The largest absolute Gasteiger partial charge is 0.485 e. The standard InChI is InChI=1S/C14H16N2O4S/c1-9-7-13(10(2)16-9)14(17)8-20-11-3-5-12(6-4-11)21(15,18)19/h3-7,16H,8H2,1-2H3,(H2,15,18,19). The monoisotopic (exact) mass is 308 g/mol. The van der Waals surface area contributed by atoms with Crippen molar-refractivity contribution in [3.05, 3.63) is 47.3 Å². The molecule has 2 rings (SSSR count). The highest BCUT2D eigenvalue weighted by Crippen LogP contribution is 2.16. The zero-order chi connectivity index (χ0) is 15.6. The first-order valence-corrected chi connectivity index (χ1v) is 7.77. The average Bonchev–Trinajstić information content (AvgIpc) is 2.74. The molecule has 0 saturated carbocycles. The van der Waals surface area contributed by atoms with Gasteiger partial charge in [-0.05, 0) is 44.2 Å². The van der Waals surface area contributed by atoms with Crippen molar-refractivity contribution >= 4 is 15.8 Å². The third-order valence-electron chi connectivity index (χ3n) is 2.97. The van der Waals surface area contributed by atoms with Gasteiger partial charge in [0.1, 0.15) is 5.75 Å². The van der Waals surface area contributed by atoms with E-state index in [4.69, 9.17) is 9.88 Å². The van der Waals surface area contributed by atoms with Crippen LogP contribution in [0, 0.1) is 13.8 Å². The Morgan fingerprint density at radius 3 is 2.33 bits per heavy atom. The van der Waals surface area contributed by atoms with Crippen LogP contribution in [0.25, 0.3) is 0 Å². The van der Waals surface area contributed by atoms with Crippen LogP contribution in [0.4, 0.5) is 0 Å². The van der Waals surface area contributed by atoms with Gasteiger partial charge in [-0.3, -0.25) is 4.79 Å². The van der Waals surface area contributed by atoms with E-state index in [-0.39, 0.29) is 17.3 Å². The minimum Gasteiger partial charge on any atom is -0.485 e. The maximum atomic E-state index is 12.0. The van der Waals surface area contributed by atoms with Crippen molar-refractivity contribution in [2.24, 2.45) is 5.14 Å². The number of primary sulfonamides is 1. The van der Waals surface area contributed by atoms with Crippen molar-refractivity contribution in [1.29, 1.82) is 0 Å². The molecule has 0 aliphatic carbocycles. The van der Waals surface area contributed by atoms with Crippen molar-refractivity contribution in [3.8, 4) is 5.75 Å². The Hall–Kier alpha value is -2.12. The molecule has 1 aromatic heterocycles. The van der Waals surface area contributed by atoms with E-state index in [1.807, 2.05) is 13.8 Å². The number of nitrogens with two attached hydrogens (primary N) is 1. The molecule has 1 aromatic carbocycles. The summed E-state index contributed by atoms with van der Waals surface area (Å²) in [6.45, 7) is 3.57. The highest BCUT2D eigenvalue weighted by atomic mass is 32.2. The Kier molecular flexibility index (Phi) is 4.15. The summed E-state index contributed by atoms with van der Waals surface area (Å²) in [4.78, 5) is 15.1. The molecule has 1 heterocycles. The number of hydrogen-bond acceptors (Lipinski definition) is 4. The number of carbonyl (C=O) groups excluding carboxylic acids is 1. The van der Waals surface area contributed by atoms with Crippen LogP contribution in [0.15, 0.2) is 35.2 Å². The third kappa shape index (κ3) is 3.71. The summed E-state index contributed by atoms with van der Waals surface area (Å²) in [7, 11) is -3.72. The number of aromatic amines is 1. The van der Waals surface area contributed by atoms with Crippen LogP contribution in [-0.4, -0.2) is 25.8 Å². The van der Waals surface area contributed by atoms with Gasteiger partial charge in [-0.25, -0.2) is 13.6 Å². The lowest BCUT2D eigenvalue weighted by Gasteiger charge is -2.06. The molecule has 112 valence electrons. The summed E-state index contributed by atoms with van der Waals surface area (Å²) in [6.07, 6.45) is 0. The van der Waals surface area contributed by atoms with Gasteiger partial charge in [0.05, 0.1) is 4.90 Å². The van der Waals surface area contributed by atoms with Gasteiger partial charge in [0.15, 0.2) is 6.61 Å². The number of aryl methyl sites for hydroxylation is 2. The summed E-state index contributed by atoms with van der Waals surface area (Å²) in [5, 5.41) is 5.00. The summed E-state index contributed by atoms with van der Waals surface area (Å²) in [5.74, 6) is 0.257. The normalized spacial score (nSPS) is 11.4. The van der Waals surface area contributed by atoms with Crippen LogP contribution in [0.3, 0.4) is 0 Å².